The van der Waals surface area contributed by atoms with Crippen molar-refractivity contribution in [2.75, 3.05) is 6.61 Å². The fourth-order valence-corrected chi connectivity index (χ4v) is 2.52. The number of carbonyl (C=O) groups is 1. The minimum absolute atomic E-state index is 0.281. The van der Waals surface area contributed by atoms with Gasteiger partial charge >= 0.3 is 0 Å². The molecule has 0 amide bonds. The van der Waals surface area contributed by atoms with Crippen LogP contribution >= 0.6 is 0 Å². The Hall–Kier alpha value is -0.790. The fourth-order valence-electron chi connectivity index (χ4n) is 2.52. The summed E-state index contributed by atoms with van der Waals surface area (Å²) >= 11 is 0. The van der Waals surface area contributed by atoms with Gasteiger partial charge in [-0.05, 0) is 31.6 Å². The van der Waals surface area contributed by atoms with Gasteiger partial charge in [0.25, 0.3) is 0 Å². The molecule has 14 heavy (non-hydrogen) atoms. The number of hydrogen-bond acceptors (Lipinski definition) is 2. The van der Waals surface area contributed by atoms with E-state index in [2.05, 4.69) is 6.92 Å². The zero-order chi connectivity index (χ0) is 9.97. The molecule has 2 aliphatic rings. The van der Waals surface area contributed by atoms with E-state index in [0.29, 0.717) is 11.7 Å². The summed E-state index contributed by atoms with van der Waals surface area (Å²) in [5.41, 5.74) is 0.926. The second-order valence-corrected chi connectivity index (χ2v) is 4.50. The third-order valence-corrected chi connectivity index (χ3v) is 3.45. The highest BCUT2D eigenvalue weighted by molar-refractivity contribution is 5.97. The maximum absolute atomic E-state index is 12.1. The van der Waals surface area contributed by atoms with Gasteiger partial charge in [-0.2, -0.15) is 0 Å². The van der Waals surface area contributed by atoms with Gasteiger partial charge in [-0.15, -0.1) is 0 Å². The third-order valence-electron chi connectivity index (χ3n) is 3.45. The summed E-state index contributed by atoms with van der Waals surface area (Å²) in [6.45, 7) is 2.97. The van der Waals surface area contributed by atoms with Gasteiger partial charge in [0.2, 0.25) is 0 Å². The summed E-state index contributed by atoms with van der Waals surface area (Å²) in [6, 6.07) is 0. The molecule has 1 saturated carbocycles. The molecule has 78 valence electrons. The molecule has 0 aromatic carbocycles. The van der Waals surface area contributed by atoms with Gasteiger partial charge in [-0.1, -0.05) is 13.3 Å². The van der Waals surface area contributed by atoms with Crippen molar-refractivity contribution in [3.05, 3.63) is 11.8 Å². The first-order chi connectivity index (χ1) is 6.79. The first-order valence-corrected chi connectivity index (χ1v) is 5.64. The van der Waals surface area contributed by atoms with E-state index in [1.807, 2.05) is 0 Å². The van der Waals surface area contributed by atoms with Crippen molar-refractivity contribution in [2.24, 2.45) is 11.8 Å². The Labute approximate surface area is 85.3 Å². The standard InChI is InChI=1S/C12H18O2/c1-9-4-2-6-11(9)12(13)10-5-3-7-14-8-10/h8-9,11H,2-7H2,1H3. The molecule has 2 rings (SSSR count). The van der Waals surface area contributed by atoms with E-state index in [4.69, 9.17) is 4.74 Å². The predicted octanol–water partition coefficient (Wildman–Crippen LogP) is 2.69. The molecule has 2 heteroatoms. The summed E-state index contributed by atoms with van der Waals surface area (Å²) in [5, 5.41) is 0. The van der Waals surface area contributed by atoms with Crippen molar-refractivity contribution in [1.82, 2.24) is 0 Å². The Kier molecular flexibility index (Phi) is 2.90. The number of ketones is 1. The minimum atomic E-state index is 0.281. The van der Waals surface area contributed by atoms with Gasteiger partial charge in [0.15, 0.2) is 5.78 Å². The number of rotatable bonds is 2. The molecule has 1 fully saturated rings. The van der Waals surface area contributed by atoms with Crippen LogP contribution in [0.5, 0.6) is 0 Å². The third kappa shape index (κ3) is 1.84. The molecule has 0 N–H and O–H groups in total. The SMILES string of the molecule is CC1CCCC1C(=O)C1=COCCC1. The maximum Gasteiger partial charge on any atom is 0.165 e. The second kappa shape index (κ2) is 4.16. The molecular weight excluding hydrogens is 176 g/mol. The maximum atomic E-state index is 12.1. The topological polar surface area (TPSA) is 26.3 Å². The first-order valence-electron chi connectivity index (χ1n) is 5.64. The second-order valence-electron chi connectivity index (χ2n) is 4.50. The lowest BCUT2D eigenvalue weighted by molar-refractivity contribution is -0.120. The Morgan fingerprint density at radius 3 is 2.86 bits per heavy atom. The molecule has 1 aliphatic carbocycles. The molecule has 2 nitrogen and oxygen atoms in total. The van der Waals surface area contributed by atoms with Crippen LogP contribution < -0.4 is 0 Å². The number of allylic oxidation sites excluding steroid dienone is 1. The van der Waals surface area contributed by atoms with Crippen LogP contribution in [0, 0.1) is 11.8 Å². The monoisotopic (exact) mass is 194 g/mol. The van der Waals surface area contributed by atoms with Crippen LogP contribution in [0.2, 0.25) is 0 Å². The van der Waals surface area contributed by atoms with Crippen LogP contribution in [0.25, 0.3) is 0 Å². The molecule has 0 radical (unpaired) electrons. The van der Waals surface area contributed by atoms with Crippen molar-refractivity contribution < 1.29 is 9.53 Å². The molecule has 0 aromatic heterocycles. The molecule has 1 aliphatic heterocycles. The van der Waals surface area contributed by atoms with E-state index in [-0.39, 0.29) is 5.92 Å². The number of ether oxygens (including phenoxy) is 1. The highest BCUT2D eigenvalue weighted by Crippen LogP contribution is 2.34. The average Bonchev–Trinajstić information content (AvgIpc) is 2.65. The highest BCUT2D eigenvalue weighted by atomic mass is 16.5. The predicted molar refractivity (Wildman–Crippen MR) is 54.8 cm³/mol. The molecule has 0 spiro atoms. The van der Waals surface area contributed by atoms with E-state index in [1.54, 1.807) is 6.26 Å². The molecular formula is C12H18O2. The van der Waals surface area contributed by atoms with Gasteiger partial charge in [0.05, 0.1) is 12.9 Å². The summed E-state index contributed by atoms with van der Waals surface area (Å²) in [4.78, 5) is 12.1. The van der Waals surface area contributed by atoms with Gasteiger partial charge in [-0.3, -0.25) is 4.79 Å². The summed E-state index contributed by atoms with van der Waals surface area (Å²) < 4.78 is 5.22. The summed E-state index contributed by atoms with van der Waals surface area (Å²) in [5.74, 6) is 1.21. The van der Waals surface area contributed by atoms with E-state index in [0.717, 1.165) is 31.4 Å². The Morgan fingerprint density at radius 1 is 1.43 bits per heavy atom. The smallest absolute Gasteiger partial charge is 0.165 e. The molecule has 0 aromatic rings. The molecule has 0 saturated heterocycles. The zero-order valence-electron chi connectivity index (χ0n) is 8.79. The van der Waals surface area contributed by atoms with E-state index >= 15 is 0 Å². The minimum Gasteiger partial charge on any atom is -0.501 e. The van der Waals surface area contributed by atoms with Crippen molar-refractivity contribution in [3.8, 4) is 0 Å². The van der Waals surface area contributed by atoms with Crippen LogP contribution in [0.15, 0.2) is 11.8 Å². The lowest BCUT2D eigenvalue weighted by Crippen LogP contribution is -2.20. The molecule has 2 unspecified atom stereocenters. The lowest BCUT2D eigenvalue weighted by atomic mass is 9.88. The van der Waals surface area contributed by atoms with Crippen LogP contribution in [-0.2, 0) is 9.53 Å². The number of hydrogen-bond donors (Lipinski definition) is 0. The van der Waals surface area contributed by atoms with Gasteiger partial charge in [0, 0.05) is 11.5 Å². The Balaban J connectivity index is 2.03. The lowest BCUT2D eigenvalue weighted by Gasteiger charge is -2.18. The van der Waals surface area contributed by atoms with Crippen molar-refractivity contribution in [1.29, 1.82) is 0 Å². The van der Waals surface area contributed by atoms with Crippen LogP contribution in [0.4, 0.5) is 0 Å². The van der Waals surface area contributed by atoms with Crippen LogP contribution in [-0.4, -0.2) is 12.4 Å². The van der Waals surface area contributed by atoms with Gasteiger partial charge < -0.3 is 4.74 Å². The molecule has 2 atom stereocenters. The van der Waals surface area contributed by atoms with Crippen molar-refractivity contribution in [3.63, 3.8) is 0 Å². The quantitative estimate of drug-likeness (QED) is 0.675. The number of Topliss-reactive ketones (excluding diaryl/α,β-unsaturated/α-hetero) is 1. The fraction of sp³-hybridized carbons (Fsp3) is 0.750. The van der Waals surface area contributed by atoms with E-state index < -0.39 is 0 Å². The van der Waals surface area contributed by atoms with Crippen molar-refractivity contribution in [2.45, 2.75) is 39.0 Å². The summed E-state index contributed by atoms with van der Waals surface area (Å²) in [6.07, 6.45) is 7.12. The average molecular weight is 194 g/mol. The first kappa shape index (κ1) is 9.75. The summed E-state index contributed by atoms with van der Waals surface area (Å²) in [7, 11) is 0. The van der Waals surface area contributed by atoms with E-state index in [9.17, 15) is 4.79 Å². The largest absolute Gasteiger partial charge is 0.501 e. The number of carbonyl (C=O) groups excluding carboxylic acids is 1. The van der Waals surface area contributed by atoms with Crippen LogP contribution in [0.1, 0.15) is 39.0 Å². The van der Waals surface area contributed by atoms with Crippen molar-refractivity contribution >= 4 is 5.78 Å². The van der Waals surface area contributed by atoms with Crippen LogP contribution in [0.3, 0.4) is 0 Å². The Bertz CT molecular complexity index is 255. The molecule has 1 heterocycles. The van der Waals surface area contributed by atoms with Gasteiger partial charge in [0.1, 0.15) is 0 Å². The van der Waals surface area contributed by atoms with Gasteiger partial charge in [-0.25, -0.2) is 0 Å². The Morgan fingerprint density at radius 2 is 2.29 bits per heavy atom. The molecule has 0 bridgehead atoms. The highest BCUT2D eigenvalue weighted by Gasteiger charge is 2.31. The normalized spacial score (nSPS) is 32.2. The zero-order valence-corrected chi connectivity index (χ0v) is 8.79. The van der Waals surface area contributed by atoms with E-state index in [1.165, 1.54) is 12.8 Å².